The maximum absolute atomic E-state index is 11.5. The number of nitrogens with zero attached hydrogens (tertiary/aromatic N) is 1. The normalized spacial score (nSPS) is 20.6. The van der Waals surface area contributed by atoms with E-state index in [9.17, 15) is 4.79 Å². The number of carbonyl (C=O) groups is 1. The van der Waals surface area contributed by atoms with Crippen molar-refractivity contribution in [3.8, 4) is 0 Å². The molecule has 1 fully saturated rings. The first-order chi connectivity index (χ1) is 9.23. The van der Waals surface area contributed by atoms with Crippen molar-refractivity contribution in [2.45, 2.75) is 45.8 Å². The van der Waals surface area contributed by atoms with Crippen LogP contribution in [0.1, 0.15) is 50.7 Å². The van der Waals surface area contributed by atoms with Gasteiger partial charge in [-0.2, -0.15) is 0 Å². The van der Waals surface area contributed by atoms with Gasteiger partial charge in [0.15, 0.2) is 5.78 Å². The summed E-state index contributed by atoms with van der Waals surface area (Å²) in [6.45, 7) is 9.53. The van der Waals surface area contributed by atoms with Crippen molar-refractivity contribution in [1.82, 2.24) is 4.98 Å². The molecular weight excluding hydrogens is 253 g/mol. The lowest BCUT2D eigenvalue weighted by Gasteiger charge is -2.32. The molecule has 2 rings (SSSR count). The van der Waals surface area contributed by atoms with Gasteiger partial charge in [-0.1, -0.05) is 18.1 Å². The Labute approximate surface area is 120 Å². The van der Waals surface area contributed by atoms with Gasteiger partial charge in [0.25, 0.3) is 0 Å². The average Bonchev–Trinajstić information content (AvgIpc) is 2.55. The first-order valence-corrected chi connectivity index (χ1v) is 6.73. The molecule has 2 heterocycles. The average molecular weight is 273 g/mol. The third-order valence-electron chi connectivity index (χ3n) is 3.88. The lowest BCUT2D eigenvalue weighted by atomic mass is 9.89. The molecule has 5 heteroatoms. The summed E-state index contributed by atoms with van der Waals surface area (Å²) in [5.41, 5.74) is 0.510. The van der Waals surface area contributed by atoms with Crippen LogP contribution >= 0.6 is 0 Å². The molecule has 0 N–H and O–H groups in total. The number of hydrogen-bond acceptors (Lipinski definition) is 4. The summed E-state index contributed by atoms with van der Waals surface area (Å²) in [6.07, 6.45) is 3.44. The minimum Gasteiger partial charge on any atom is -0.400 e. The molecule has 0 aromatic carbocycles. The quantitative estimate of drug-likeness (QED) is 0.627. The zero-order valence-corrected chi connectivity index (χ0v) is 12.6. The van der Waals surface area contributed by atoms with E-state index in [2.05, 4.69) is 4.98 Å². The van der Waals surface area contributed by atoms with Gasteiger partial charge < -0.3 is 9.31 Å². The van der Waals surface area contributed by atoms with Crippen LogP contribution in [0.2, 0.25) is 0 Å². The molecule has 106 valence electrons. The molecule has 0 radical (unpaired) electrons. The van der Waals surface area contributed by atoms with Crippen LogP contribution < -0.4 is 0 Å². The Bertz CT molecular complexity index is 536. The third-order valence-corrected chi connectivity index (χ3v) is 3.88. The first kappa shape index (κ1) is 14.9. The highest BCUT2D eigenvalue weighted by molar-refractivity contribution is 6.52. The summed E-state index contributed by atoms with van der Waals surface area (Å²) in [5, 5.41) is 0. The van der Waals surface area contributed by atoms with E-state index in [1.165, 1.54) is 6.92 Å². The molecule has 0 atom stereocenters. The van der Waals surface area contributed by atoms with E-state index in [-0.39, 0.29) is 17.0 Å². The Morgan fingerprint density at radius 1 is 1.25 bits per heavy atom. The Morgan fingerprint density at radius 3 is 2.40 bits per heavy atom. The van der Waals surface area contributed by atoms with Gasteiger partial charge >= 0.3 is 7.12 Å². The number of aromatic nitrogens is 1. The Morgan fingerprint density at radius 2 is 1.85 bits per heavy atom. The van der Waals surface area contributed by atoms with E-state index >= 15 is 0 Å². The van der Waals surface area contributed by atoms with E-state index in [4.69, 9.17) is 9.31 Å². The Balaban J connectivity index is 2.18. The van der Waals surface area contributed by atoms with Crippen LogP contribution in [-0.4, -0.2) is 29.1 Å². The molecule has 0 bridgehead atoms. The van der Waals surface area contributed by atoms with E-state index in [1.807, 2.05) is 45.8 Å². The van der Waals surface area contributed by atoms with Crippen LogP contribution in [0.3, 0.4) is 0 Å². The fraction of sp³-hybridized carbons (Fsp3) is 0.467. The zero-order valence-electron chi connectivity index (χ0n) is 12.6. The Kier molecular flexibility index (Phi) is 3.85. The number of pyridine rings is 1. The predicted molar refractivity (Wildman–Crippen MR) is 79.4 cm³/mol. The van der Waals surface area contributed by atoms with E-state index in [0.29, 0.717) is 5.69 Å². The van der Waals surface area contributed by atoms with Crippen LogP contribution in [0.25, 0.3) is 6.08 Å². The van der Waals surface area contributed by atoms with Crippen LogP contribution in [0.5, 0.6) is 0 Å². The summed E-state index contributed by atoms with van der Waals surface area (Å²) in [5.74, 6) is 1.76. The highest BCUT2D eigenvalue weighted by Gasteiger charge is 2.49. The van der Waals surface area contributed by atoms with Crippen molar-refractivity contribution in [2.75, 3.05) is 0 Å². The van der Waals surface area contributed by atoms with Gasteiger partial charge in [-0.15, -0.1) is 0 Å². The van der Waals surface area contributed by atoms with Crippen molar-refractivity contribution in [2.24, 2.45) is 0 Å². The van der Waals surface area contributed by atoms with Crippen molar-refractivity contribution in [3.63, 3.8) is 0 Å². The topological polar surface area (TPSA) is 48.4 Å². The first-order valence-electron chi connectivity index (χ1n) is 6.73. The Hall–Kier alpha value is -1.46. The lowest BCUT2D eigenvalue weighted by molar-refractivity contribution is 0.00578. The molecule has 1 aromatic heterocycles. The number of carbonyl (C=O) groups excluding carboxylic acids is 1. The van der Waals surface area contributed by atoms with E-state index < -0.39 is 7.12 Å². The van der Waals surface area contributed by atoms with Gasteiger partial charge in [-0.25, -0.2) is 0 Å². The summed E-state index contributed by atoms with van der Waals surface area (Å²) in [7, 11) is -0.417. The summed E-state index contributed by atoms with van der Waals surface area (Å²) in [6, 6.07) is 3.65. The van der Waals surface area contributed by atoms with Gasteiger partial charge in [0, 0.05) is 18.7 Å². The maximum atomic E-state index is 11.5. The van der Waals surface area contributed by atoms with Crippen molar-refractivity contribution < 1.29 is 14.1 Å². The fourth-order valence-corrected chi connectivity index (χ4v) is 2.00. The minimum absolute atomic E-state index is 0.0563. The second-order valence-corrected chi connectivity index (χ2v) is 5.98. The smallest absolute Gasteiger partial charge is 0.400 e. The number of Topliss-reactive ketones (excluding diaryl/α,β-unsaturated/α-hetero) is 1. The van der Waals surface area contributed by atoms with Crippen LogP contribution in [0.15, 0.2) is 24.3 Å². The molecule has 0 aliphatic carbocycles. The van der Waals surface area contributed by atoms with Gasteiger partial charge in [0.1, 0.15) is 5.69 Å². The van der Waals surface area contributed by atoms with Crippen LogP contribution in [-0.2, 0) is 9.31 Å². The molecule has 20 heavy (non-hydrogen) atoms. The van der Waals surface area contributed by atoms with Gasteiger partial charge in [0.05, 0.1) is 11.2 Å². The molecule has 0 unspecified atom stereocenters. The second-order valence-electron chi connectivity index (χ2n) is 5.98. The number of rotatable bonds is 3. The number of hydrogen-bond donors (Lipinski definition) is 0. The monoisotopic (exact) mass is 273 g/mol. The molecule has 4 nitrogen and oxygen atoms in total. The largest absolute Gasteiger partial charge is 0.487 e. The van der Waals surface area contributed by atoms with Crippen molar-refractivity contribution >= 4 is 19.0 Å². The molecule has 1 aromatic rings. The predicted octanol–water partition coefficient (Wildman–Crippen LogP) is 2.93. The lowest BCUT2D eigenvalue weighted by Crippen LogP contribution is -2.41. The second kappa shape index (κ2) is 5.15. The molecule has 1 aliphatic rings. The van der Waals surface area contributed by atoms with Crippen molar-refractivity contribution in [3.05, 3.63) is 35.6 Å². The highest BCUT2D eigenvalue weighted by atomic mass is 16.7. The summed E-state index contributed by atoms with van der Waals surface area (Å²) in [4.78, 5) is 15.6. The van der Waals surface area contributed by atoms with Gasteiger partial charge in [-0.3, -0.25) is 9.78 Å². The molecule has 0 saturated carbocycles. The fourth-order valence-electron chi connectivity index (χ4n) is 2.00. The molecule has 0 spiro atoms. The van der Waals surface area contributed by atoms with Crippen LogP contribution in [0, 0.1) is 0 Å². The maximum Gasteiger partial charge on any atom is 0.487 e. The summed E-state index contributed by atoms with van der Waals surface area (Å²) >= 11 is 0. The van der Waals surface area contributed by atoms with E-state index in [0.717, 1.165) is 5.56 Å². The third kappa shape index (κ3) is 2.84. The molecule has 0 amide bonds. The van der Waals surface area contributed by atoms with Crippen LogP contribution in [0.4, 0.5) is 0 Å². The van der Waals surface area contributed by atoms with Gasteiger partial charge in [0.2, 0.25) is 0 Å². The minimum atomic E-state index is -0.417. The number of ketones is 1. The molecule has 1 saturated heterocycles. The highest BCUT2D eigenvalue weighted by Crippen LogP contribution is 2.37. The van der Waals surface area contributed by atoms with Crippen molar-refractivity contribution in [1.29, 1.82) is 0 Å². The van der Waals surface area contributed by atoms with Gasteiger partial charge in [-0.05, 0) is 33.8 Å². The molecular formula is C15H20BNO3. The zero-order chi connectivity index (χ0) is 15.0. The SMILES string of the molecule is CC(=O)c1ncccc1/C=C/B1OC(C)(C)C(C)(C)O1. The van der Waals surface area contributed by atoms with E-state index in [1.54, 1.807) is 12.3 Å². The standard InChI is InChI=1S/C15H20BNO3/c1-11(18)13-12(7-6-10-17-13)8-9-16-19-14(2,3)15(4,5)20-16/h6-10H,1-5H3/b9-8+. The summed E-state index contributed by atoms with van der Waals surface area (Å²) < 4.78 is 11.7. The molecule has 1 aliphatic heterocycles.